The molecule has 0 saturated heterocycles. The number of Topliss-reactive ketones (excluding diaryl/α,β-unsaturated/α-hetero) is 1. The number of thiophene rings is 1. The predicted molar refractivity (Wildman–Crippen MR) is 129 cm³/mol. The maximum Gasteiger partial charge on any atom is 0.307 e. The topological polar surface area (TPSA) is 114 Å². The molecule has 1 aromatic carbocycles. The van der Waals surface area contributed by atoms with Crippen molar-refractivity contribution < 1.29 is 23.9 Å². The third-order valence-corrected chi connectivity index (χ3v) is 6.46. The number of rotatable bonds is 13. The number of benzene rings is 1. The van der Waals surface area contributed by atoms with E-state index < -0.39 is 5.97 Å². The molecule has 0 atom stereocenters. The van der Waals surface area contributed by atoms with E-state index in [0.717, 1.165) is 5.56 Å². The highest BCUT2D eigenvalue weighted by Gasteiger charge is 2.12. The van der Waals surface area contributed by atoms with Gasteiger partial charge in [-0.25, -0.2) is 4.98 Å². The van der Waals surface area contributed by atoms with Gasteiger partial charge in [-0.2, -0.15) is 0 Å². The van der Waals surface area contributed by atoms with Crippen LogP contribution in [0.3, 0.4) is 0 Å². The summed E-state index contributed by atoms with van der Waals surface area (Å²) in [6.07, 6.45) is 0.384. The van der Waals surface area contributed by atoms with Crippen LogP contribution < -0.4 is 10.6 Å². The van der Waals surface area contributed by atoms with Crippen LogP contribution in [0.5, 0.6) is 0 Å². The Bertz CT molecular complexity index is 1100. The molecule has 0 bridgehead atoms. The van der Waals surface area contributed by atoms with Gasteiger partial charge >= 0.3 is 5.97 Å². The van der Waals surface area contributed by atoms with E-state index in [2.05, 4.69) is 15.6 Å². The Morgan fingerprint density at radius 1 is 0.882 bits per heavy atom. The average Bonchev–Trinajstić information content (AvgIpc) is 3.53. The Kier molecular flexibility index (Phi) is 9.93. The second-order valence-electron chi connectivity index (χ2n) is 7.33. The third-order valence-electron chi connectivity index (χ3n) is 4.65. The lowest BCUT2D eigenvalue weighted by atomic mass is 10.2. The second kappa shape index (κ2) is 13.4. The van der Waals surface area contributed by atoms with Crippen LogP contribution in [0.2, 0.25) is 0 Å². The van der Waals surface area contributed by atoms with Crippen LogP contribution in [0.4, 0.5) is 0 Å². The van der Waals surface area contributed by atoms with E-state index in [1.54, 1.807) is 17.5 Å². The molecular weight excluding hydrogens is 474 g/mol. The van der Waals surface area contributed by atoms with Gasteiger partial charge in [0.25, 0.3) is 0 Å². The zero-order valence-corrected chi connectivity index (χ0v) is 20.1. The summed E-state index contributed by atoms with van der Waals surface area (Å²) in [5.41, 5.74) is 1.59. The maximum absolute atomic E-state index is 12.1. The number of carbonyl (C=O) groups excluding carboxylic acids is 4. The largest absolute Gasteiger partial charge is 0.459 e. The van der Waals surface area contributed by atoms with Crippen LogP contribution in [0.25, 0.3) is 0 Å². The van der Waals surface area contributed by atoms with E-state index in [1.807, 2.05) is 35.7 Å². The Labute approximate surface area is 205 Å². The van der Waals surface area contributed by atoms with Gasteiger partial charge in [-0.05, 0) is 17.0 Å². The lowest BCUT2D eigenvalue weighted by Gasteiger charge is -2.05. The molecule has 2 aromatic heterocycles. The van der Waals surface area contributed by atoms with Crippen molar-refractivity contribution in [1.82, 2.24) is 15.6 Å². The molecule has 0 unspecified atom stereocenters. The number of hydrogen-bond donors (Lipinski definition) is 2. The molecule has 0 aliphatic heterocycles. The number of nitrogens with zero attached hydrogens (tertiary/aromatic N) is 1. The van der Waals surface area contributed by atoms with Crippen LogP contribution in [0.1, 0.15) is 45.2 Å². The summed E-state index contributed by atoms with van der Waals surface area (Å²) in [6, 6.07) is 13.2. The first-order chi connectivity index (χ1) is 16.5. The van der Waals surface area contributed by atoms with Crippen molar-refractivity contribution in [1.29, 1.82) is 0 Å². The van der Waals surface area contributed by atoms with Crippen molar-refractivity contribution in [2.75, 3.05) is 6.54 Å². The molecule has 178 valence electrons. The molecule has 2 amide bonds. The van der Waals surface area contributed by atoms with Crippen LogP contribution in [-0.2, 0) is 38.7 Å². The maximum atomic E-state index is 12.1. The molecular formula is C24H25N3O5S2. The monoisotopic (exact) mass is 499 g/mol. The van der Waals surface area contributed by atoms with Gasteiger partial charge in [-0.15, -0.1) is 22.7 Å². The molecule has 0 aliphatic rings. The summed E-state index contributed by atoms with van der Waals surface area (Å²) < 4.78 is 5.18. The number of ketones is 1. The smallest absolute Gasteiger partial charge is 0.307 e. The summed E-state index contributed by atoms with van der Waals surface area (Å²) in [7, 11) is 0. The van der Waals surface area contributed by atoms with Crippen molar-refractivity contribution in [3.8, 4) is 0 Å². The number of carbonyl (C=O) groups is 4. The molecule has 0 radical (unpaired) electrons. The van der Waals surface area contributed by atoms with E-state index in [9.17, 15) is 19.2 Å². The van der Waals surface area contributed by atoms with Gasteiger partial charge in [0, 0.05) is 31.3 Å². The first-order valence-corrected chi connectivity index (χ1v) is 12.5. The summed E-state index contributed by atoms with van der Waals surface area (Å²) in [4.78, 5) is 52.7. The highest BCUT2D eigenvalue weighted by molar-refractivity contribution is 7.12. The fraction of sp³-hybridized carbons (Fsp3) is 0.292. The lowest BCUT2D eigenvalue weighted by Crippen LogP contribution is -2.26. The summed E-state index contributed by atoms with van der Waals surface area (Å²) >= 11 is 2.68. The molecule has 0 aliphatic carbocycles. The van der Waals surface area contributed by atoms with Crippen molar-refractivity contribution in [3.63, 3.8) is 0 Å². The van der Waals surface area contributed by atoms with Gasteiger partial charge in [0.05, 0.1) is 23.4 Å². The van der Waals surface area contributed by atoms with Crippen molar-refractivity contribution in [3.05, 3.63) is 74.4 Å². The van der Waals surface area contributed by atoms with Crippen molar-refractivity contribution in [2.45, 2.75) is 38.8 Å². The highest BCUT2D eigenvalue weighted by Crippen LogP contribution is 2.13. The zero-order chi connectivity index (χ0) is 24.2. The average molecular weight is 500 g/mol. The Morgan fingerprint density at radius 3 is 2.47 bits per heavy atom. The molecule has 34 heavy (non-hydrogen) atoms. The Hall–Kier alpha value is -3.37. The number of esters is 1. The minimum Gasteiger partial charge on any atom is -0.459 e. The number of thiazole rings is 1. The molecule has 0 fully saturated rings. The van der Waals surface area contributed by atoms with E-state index in [0.29, 0.717) is 22.1 Å². The lowest BCUT2D eigenvalue weighted by molar-refractivity contribution is -0.145. The first kappa shape index (κ1) is 25.3. The van der Waals surface area contributed by atoms with Gasteiger partial charge in [0.1, 0.15) is 11.6 Å². The SMILES string of the molecule is O=C(CCC(=O)c1cccs1)NCCC(=O)OCc1csc(CC(=O)NCc2ccccc2)n1. The fourth-order valence-electron chi connectivity index (χ4n) is 2.90. The minimum atomic E-state index is -0.467. The molecule has 10 heteroatoms. The summed E-state index contributed by atoms with van der Waals surface area (Å²) in [6.45, 7) is 0.593. The molecule has 3 aromatic rings. The number of nitrogens with one attached hydrogen (secondary N) is 2. The van der Waals surface area contributed by atoms with Gasteiger partial charge in [-0.1, -0.05) is 36.4 Å². The normalized spacial score (nSPS) is 10.5. The standard InChI is InChI=1S/C24H25N3O5S2/c28-19(20-7-4-12-33-20)8-9-21(29)25-11-10-24(31)32-15-18-16-34-23(27-18)13-22(30)26-14-17-5-2-1-3-6-17/h1-7,12,16H,8-11,13-15H2,(H,25,29)(H,26,30). The second-order valence-corrected chi connectivity index (χ2v) is 9.22. The molecule has 2 N–H and O–H groups in total. The number of amides is 2. The van der Waals surface area contributed by atoms with Gasteiger partial charge in [-0.3, -0.25) is 19.2 Å². The highest BCUT2D eigenvalue weighted by atomic mass is 32.1. The van der Waals surface area contributed by atoms with Crippen molar-refractivity contribution >= 4 is 46.2 Å². The molecule has 8 nitrogen and oxygen atoms in total. The van der Waals surface area contributed by atoms with Crippen LogP contribution in [-0.4, -0.2) is 35.1 Å². The van der Waals surface area contributed by atoms with Gasteiger partial charge in [0.15, 0.2) is 5.78 Å². The van der Waals surface area contributed by atoms with Gasteiger partial charge < -0.3 is 15.4 Å². The summed E-state index contributed by atoms with van der Waals surface area (Å²) in [5.74, 6) is -0.951. The Balaban J connectivity index is 1.27. The Morgan fingerprint density at radius 2 is 1.71 bits per heavy atom. The van der Waals surface area contributed by atoms with E-state index in [4.69, 9.17) is 4.74 Å². The molecule has 2 heterocycles. The molecule has 0 saturated carbocycles. The quantitative estimate of drug-likeness (QED) is 0.276. The fourth-order valence-corrected chi connectivity index (χ4v) is 4.37. The number of ether oxygens (including phenoxy) is 1. The number of hydrogen-bond acceptors (Lipinski definition) is 8. The zero-order valence-electron chi connectivity index (χ0n) is 18.5. The third kappa shape index (κ3) is 8.87. The predicted octanol–water partition coefficient (Wildman–Crippen LogP) is 3.28. The molecule has 3 rings (SSSR count). The summed E-state index contributed by atoms with van der Waals surface area (Å²) in [5, 5.41) is 9.67. The molecule has 0 spiro atoms. The first-order valence-electron chi connectivity index (χ1n) is 10.7. The van der Waals surface area contributed by atoms with E-state index >= 15 is 0 Å². The number of aromatic nitrogens is 1. The van der Waals surface area contributed by atoms with Crippen LogP contribution in [0, 0.1) is 0 Å². The van der Waals surface area contributed by atoms with Gasteiger partial charge in [0.2, 0.25) is 11.8 Å². The van der Waals surface area contributed by atoms with Crippen LogP contribution >= 0.6 is 22.7 Å². The minimum absolute atomic E-state index is 0.00420. The van der Waals surface area contributed by atoms with Crippen molar-refractivity contribution in [2.24, 2.45) is 0 Å². The van der Waals surface area contributed by atoms with Crippen LogP contribution in [0.15, 0.2) is 53.2 Å². The van der Waals surface area contributed by atoms with E-state index in [-0.39, 0.29) is 56.4 Å². The van der Waals surface area contributed by atoms with E-state index in [1.165, 1.54) is 22.7 Å².